The lowest BCUT2D eigenvalue weighted by Crippen LogP contribution is -2.33. The van der Waals surface area contributed by atoms with E-state index in [9.17, 15) is 8.42 Å². The molecule has 37 heavy (non-hydrogen) atoms. The molecule has 4 rings (SSSR count). The van der Waals surface area contributed by atoms with Gasteiger partial charge in [0, 0.05) is 25.7 Å². The SMILES string of the molecule is COc1ncnc(OC)c1-n1c(NS(=O)(=O)[C@@H](C)[C@H](OC)c2ncc(C)cn2)nnc1-c1ccccn1. The Morgan fingerprint density at radius 3 is 2.19 bits per heavy atom. The van der Waals surface area contributed by atoms with Gasteiger partial charge in [0.05, 0.1) is 14.2 Å². The van der Waals surface area contributed by atoms with Crippen LogP contribution in [0.4, 0.5) is 5.95 Å². The molecule has 14 nitrogen and oxygen atoms in total. The molecule has 0 radical (unpaired) electrons. The van der Waals surface area contributed by atoms with Gasteiger partial charge in [-0.2, -0.15) is 9.97 Å². The van der Waals surface area contributed by atoms with Crippen molar-refractivity contribution in [2.75, 3.05) is 26.1 Å². The first-order chi connectivity index (χ1) is 17.8. The summed E-state index contributed by atoms with van der Waals surface area (Å²) in [6, 6.07) is 5.19. The minimum atomic E-state index is -4.14. The Balaban J connectivity index is 1.83. The summed E-state index contributed by atoms with van der Waals surface area (Å²) in [7, 11) is 0.0639. The first-order valence-corrected chi connectivity index (χ1v) is 12.5. The number of hydrogen-bond acceptors (Lipinski definition) is 12. The van der Waals surface area contributed by atoms with Crippen molar-refractivity contribution < 1.29 is 22.6 Å². The van der Waals surface area contributed by atoms with Crippen LogP contribution in [0.2, 0.25) is 0 Å². The van der Waals surface area contributed by atoms with Gasteiger partial charge in [0.2, 0.25) is 27.7 Å². The molecule has 0 unspecified atom stereocenters. The van der Waals surface area contributed by atoms with Crippen LogP contribution in [-0.4, -0.2) is 74.7 Å². The second-order valence-electron chi connectivity index (χ2n) is 7.77. The Kier molecular flexibility index (Phi) is 7.54. The molecule has 0 saturated heterocycles. The average Bonchev–Trinajstić information content (AvgIpc) is 3.32. The van der Waals surface area contributed by atoms with Crippen molar-refractivity contribution in [3.63, 3.8) is 0 Å². The van der Waals surface area contributed by atoms with Crippen LogP contribution in [0.25, 0.3) is 17.2 Å². The summed E-state index contributed by atoms with van der Waals surface area (Å²) in [4.78, 5) is 21.0. The molecular weight excluding hydrogens is 502 g/mol. The lowest BCUT2D eigenvalue weighted by Gasteiger charge is -2.22. The van der Waals surface area contributed by atoms with Gasteiger partial charge in [-0.1, -0.05) is 6.07 Å². The standard InChI is InChI=1S/C22H25N9O5S/c1-13-10-24-18(25-11-13)17(34-3)14(2)37(32,33)30-22-29-28-19(15-8-6-7-9-23-15)31(22)16-20(35-4)26-12-27-21(16)36-5/h6-12,14,17H,1-5H3,(H,29,30)/t14-,17-/m0/s1. The zero-order chi connectivity index (χ0) is 26.6. The maximum absolute atomic E-state index is 13.5. The van der Waals surface area contributed by atoms with Crippen LogP contribution in [0.3, 0.4) is 0 Å². The fourth-order valence-corrected chi connectivity index (χ4v) is 4.63. The summed E-state index contributed by atoms with van der Waals surface area (Å²) in [5, 5.41) is 7.17. The van der Waals surface area contributed by atoms with Gasteiger partial charge in [-0.15, -0.1) is 10.2 Å². The van der Waals surface area contributed by atoms with Crippen molar-refractivity contribution in [2.24, 2.45) is 0 Å². The third-order valence-electron chi connectivity index (χ3n) is 5.38. The van der Waals surface area contributed by atoms with E-state index in [-0.39, 0.29) is 35.0 Å². The molecule has 0 aliphatic carbocycles. The molecule has 4 heterocycles. The van der Waals surface area contributed by atoms with Gasteiger partial charge in [0.15, 0.2) is 17.3 Å². The molecule has 4 aromatic heterocycles. The molecule has 1 N–H and O–H groups in total. The van der Waals surface area contributed by atoms with Crippen molar-refractivity contribution in [2.45, 2.75) is 25.2 Å². The number of hydrogen-bond donors (Lipinski definition) is 1. The van der Waals surface area contributed by atoms with Gasteiger partial charge in [-0.3, -0.25) is 9.71 Å². The highest BCUT2D eigenvalue weighted by Gasteiger charge is 2.35. The molecule has 4 aromatic rings. The number of nitrogens with zero attached hydrogens (tertiary/aromatic N) is 8. The fraction of sp³-hybridized carbons (Fsp3) is 0.318. The van der Waals surface area contributed by atoms with E-state index in [0.29, 0.717) is 5.69 Å². The predicted octanol–water partition coefficient (Wildman–Crippen LogP) is 1.75. The maximum atomic E-state index is 13.5. The second kappa shape index (κ2) is 10.8. The van der Waals surface area contributed by atoms with Gasteiger partial charge in [-0.25, -0.2) is 23.0 Å². The van der Waals surface area contributed by atoms with Gasteiger partial charge in [-0.05, 0) is 31.5 Å². The van der Waals surface area contributed by atoms with Crippen molar-refractivity contribution in [1.82, 2.24) is 39.7 Å². The van der Waals surface area contributed by atoms with E-state index in [0.717, 1.165) is 5.56 Å². The van der Waals surface area contributed by atoms with Gasteiger partial charge < -0.3 is 14.2 Å². The van der Waals surface area contributed by atoms with Crippen LogP contribution in [0.15, 0.2) is 43.1 Å². The Morgan fingerprint density at radius 1 is 0.946 bits per heavy atom. The molecule has 0 bridgehead atoms. The molecule has 0 aliphatic heterocycles. The number of pyridine rings is 1. The van der Waals surface area contributed by atoms with Crippen LogP contribution in [0.1, 0.15) is 24.4 Å². The van der Waals surface area contributed by atoms with E-state index in [1.54, 1.807) is 36.8 Å². The number of rotatable bonds is 10. The van der Waals surface area contributed by atoms with Crippen molar-refractivity contribution in [3.05, 3.63) is 54.5 Å². The zero-order valence-corrected chi connectivity index (χ0v) is 21.5. The van der Waals surface area contributed by atoms with E-state index < -0.39 is 21.4 Å². The summed E-state index contributed by atoms with van der Waals surface area (Å²) in [6.07, 6.45) is 5.04. The first-order valence-electron chi connectivity index (χ1n) is 10.9. The third kappa shape index (κ3) is 5.17. The van der Waals surface area contributed by atoms with Gasteiger partial charge in [0.25, 0.3) is 0 Å². The number of aromatic nitrogens is 8. The summed E-state index contributed by atoms with van der Waals surface area (Å²) in [6.45, 7) is 3.31. The highest BCUT2D eigenvalue weighted by atomic mass is 32.2. The predicted molar refractivity (Wildman–Crippen MR) is 132 cm³/mol. The minimum absolute atomic E-state index is 0.0974. The Hall–Kier alpha value is -4.24. The van der Waals surface area contributed by atoms with E-state index in [2.05, 4.69) is 39.8 Å². The Labute approximate surface area is 213 Å². The number of sulfonamides is 1. The van der Waals surface area contributed by atoms with Crippen LogP contribution >= 0.6 is 0 Å². The summed E-state index contributed by atoms with van der Waals surface area (Å²) >= 11 is 0. The van der Waals surface area contributed by atoms with Crippen LogP contribution in [0.5, 0.6) is 11.8 Å². The maximum Gasteiger partial charge on any atom is 0.245 e. The van der Waals surface area contributed by atoms with Crippen molar-refractivity contribution in [3.8, 4) is 29.0 Å². The topological polar surface area (TPSA) is 169 Å². The molecule has 0 amide bonds. The molecule has 2 atom stereocenters. The van der Waals surface area contributed by atoms with Crippen LogP contribution in [0, 0.1) is 6.92 Å². The van der Waals surface area contributed by atoms with Gasteiger partial charge in [0.1, 0.15) is 23.4 Å². The van der Waals surface area contributed by atoms with E-state index in [4.69, 9.17) is 14.2 Å². The van der Waals surface area contributed by atoms with E-state index in [1.165, 1.54) is 39.1 Å². The van der Waals surface area contributed by atoms with Crippen molar-refractivity contribution in [1.29, 1.82) is 0 Å². The molecule has 0 aliphatic rings. The molecule has 194 valence electrons. The summed E-state index contributed by atoms with van der Waals surface area (Å²) in [5.74, 6) is 0.447. The van der Waals surface area contributed by atoms with Crippen LogP contribution < -0.4 is 14.2 Å². The fourth-order valence-electron chi connectivity index (χ4n) is 3.50. The molecule has 0 spiro atoms. The average molecular weight is 528 g/mol. The highest BCUT2D eigenvalue weighted by Crippen LogP contribution is 2.35. The molecule has 0 fully saturated rings. The lowest BCUT2D eigenvalue weighted by molar-refractivity contribution is 0.0949. The highest BCUT2D eigenvalue weighted by molar-refractivity contribution is 7.93. The van der Waals surface area contributed by atoms with E-state index in [1.807, 2.05) is 6.92 Å². The number of nitrogens with one attached hydrogen (secondary N) is 1. The van der Waals surface area contributed by atoms with Crippen molar-refractivity contribution >= 4 is 16.0 Å². The zero-order valence-electron chi connectivity index (χ0n) is 20.7. The van der Waals surface area contributed by atoms with Crippen LogP contribution in [-0.2, 0) is 14.8 Å². The Morgan fingerprint density at radius 2 is 1.62 bits per heavy atom. The number of anilines is 1. The minimum Gasteiger partial charge on any atom is -0.479 e. The number of aryl methyl sites for hydroxylation is 1. The normalized spacial score (nSPS) is 13.1. The first kappa shape index (κ1) is 25.8. The molecule has 0 aromatic carbocycles. The van der Waals surface area contributed by atoms with E-state index >= 15 is 0 Å². The second-order valence-corrected chi connectivity index (χ2v) is 9.80. The summed E-state index contributed by atoms with van der Waals surface area (Å²) in [5.41, 5.74) is 1.41. The quantitative estimate of drug-likeness (QED) is 0.317. The molecular formula is C22H25N9O5S. The molecule has 0 saturated carbocycles. The summed E-state index contributed by atoms with van der Waals surface area (Å²) < 4.78 is 47.3. The lowest BCUT2D eigenvalue weighted by atomic mass is 10.2. The number of ether oxygens (including phenoxy) is 3. The molecule has 15 heteroatoms. The smallest absolute Gasteiger partial charge is 0.245 e. The van der Waals surface area contributed by atoms with Gasteiger partial charge >= 0.3 is 0 Å². The third-order valence-corrected chi connectivity index (χ3v) is 7.07. The monoisotopic (exact) mass is 527 g/mol. The number of methoxy groups -OCH3 is 3. The largest absolute Gasteiger partial charge is 0.479 e. The Bertz CT molecular complexity index is 1440.